The fourth-order valence-electron chi connectivity index (χ4n) is 3.76. The van der Waals surface area contributed by atoms with Crippen LogP contribution in [0.4, 0.5) is 4.39 Å². The van der Waals surface area contributed by atoms with Gasteiger partial charge in [0.1, 0.15) is 22.9 Å². The van der Waals surface area contributed by atoms with Crippen LogP contribution in [-0.2, 0) is 0 Å². The van der Waals surface area contributed by atoms with E-state index < -0.39 is 29.0 Å². The van der Waals surface area contributed by atoms with Gasteiger partial charge in [0.2, 0.25) is 6.23 Å². The van der Waals surface area contributed by atoms with Gasteiger partial charge in [-0.2, -0.15) is 0 Å². The highest BCUT2D eigenvalue weighted by Crippen LogP contribution is 2.43. The number of carboxylic acids is 1. The molecule has 8 heteroatoms. The monoisotopic (exact) mass is 455 g/mol. The number of carbonyl (C=O) groups is 1. The van der Waals surface area contributed by atoms with E-state index in [-0.39, 0.29) is 5.56 Å². The van der Waals surface area contributed by atoms with E-state index in [1.54, 1.807) is 18.2 Å². The van der Waals surface area contributed by atoms with Gasteiger partial charge in [-0.25, -0.2) is 9.18 Å². The molecule has 2 unspecified atom stereocenters. The van der Waals surface area contributed by atoms with Crippen LogP contribution in [0.2, 0.25) is 0 Å². The third-order valence-corrected chi connectivity index (χ3v) is 5.95. The molecular formula is C24H23FNO5P. The number of aromatic nitrogens is 1. The number of carboxylic acid groups (broad SMARTS) is 1. The lowest BCUT2D eigenvalue weighted by Crippen LogP contribution is -2.30. The van der Waals surface area contributed by atoms with E-state index in [1.165, 1.54) is 22.9 Å². The van der Waals surface area contributed by atoms with Crippen LogP contribution in [0.5, 0.6) is 11.5 Å². The smallest absolute Gasteiger partial charge is 0.341 e. The Morgan fingerprint density at radius 1 is 1.31 bits per heavy atom. The Morgan fingerprint density at radius 3 is 2.78 bits per heavy atom. The maximum atomic E-state index is 14.9. The van der Waals surface area contributed by atoms with Gasteiger partial charge in [0, 0.05) is 23.9 Å². The number of aromatic carboxylic acids is 1. The first-order valence-electron chi connectivity index (χ1n) is 10.3. The van der Waals surface area contributed by atoms with Gasteiger partial charge >= 0.3 is 5.97 Å². The van der Waals surface area contributed by atoms with Crippen molar-refractivity contribution in [1.82, 2.24) is 4.57 Å². The van der Waals surface area contributed by atoms with E-state index >= 15 is 0 Å². The number of hydrogen-bond acceptors (Lipinski definition) is 4. The van der Waals surface area contributed by atoms with Crippen LogP contribution in [0.15, 0.2) is 47.4 Å². The maximum Gasteiger partial charge on any atom is 0.341 e. The van der Waals surface area contributed by atoms with E-state index in [9.17, 15) is 19.1 Å². The zero-order valence-corrected chi connectivity index (χ0v) is 18.9. The van der Waals surface area contributed by atoms with Crippen LogP contribution in [0.3, 0.4) is 0 Å². The fraction of sp³-hybridized carbons (Fsp3) is 0.250. The highest BCUT2D eigenvalue weighted by molar-refractivity contribution is 7.27. The van der Waals surface area contributed by atoms with Crippen LogP contribution < -0.4 is 20.2 Å². The molecule has 166 valence electrons. The van der Waals surface area contributed by atoms with Gasteiger partial charge in [0.05, 0.1) is 17.9 Å². The Morgan fingerprint density at radius 2 is 2.09 bits per heavy atom. The van der Waals surface area contributed by atoms with Crippen LogP contribution in [0.1, 0.15) is 47.5 Å². The number of hydrogen-bond donors (Lipinski definition) is 1. The standard InChI is InChI=1S/C24H23FNO5P/c1-3-4-8-30-19-11-20-14(9-13(19)2)17-10-18(27)15(24(28)29)12-26(17)23(31-20)22-16(25)6-5-7-21(22)32/h5-7,9-12,23H,3-4,8,32H2,1-2H3,(H,28,29). The highest BCUT2D eigenvalue weighted by Gasteiger charge is 2.31. The van der Waals surface area contributed by atoms with E-state index in [0.29, 0.717) is 34.7 Å². The van der Waals surface area contributed by atoms with Gasteiger partial charge in [-0.15, -0.1) is 9.24 Å². The zero-order valence-electron chi connectivity index (χ0n) is 17.7. The van der Waals surface area contributed by atoms with Crippen LogP contribution >= 0.6 is 9.24 Å². The van der Waals surface area contributed by atoms with Crippen molar-refractivity contribution in [2.75, 3.05) is 6.61 Å². The Balaban J connectivity index is 1.94. The molecule has 3 aromatic rings. The predicted octanol–water partition coefficient (Wildman–Crippen LogP) is 4.28. The van der Waals surface area contributed by atoms with Gasteiger partial charge in [0.25, 0.3) is 0 Å². The summed E-state index contributed by atoms with van der Waals surface area (Å²) in [5.74, 6) is -0.778. The molecule has 6 nitrogen and oxygen atoms in total. The zero-order chi connectivity index (χ0) is 23.0. The SMILES string of the molecule is CCCCOc1cc2c(cc1C)-c1cc(=O)c(C(=O)O)cn1C(c1c(F)cccc1P)O2. The van der Waals surface area contributed by atoms with Gasteiger partial charge in [-0.3, -0.25) is 4.79 Å². The predicted molar refractivity (Wildman–Crippen MR) is 123 cm³/mol. The molecule has 0 aliphatic carbocycles. The first kappa shape index (κ1) is 22.0. The lowest BCUT2D eigenvalue weighted by atomic mass is 10.0. The highest BCUT2D eigenvalue weighted by atomic mass is 31.0. The minimum atomic E-state index is -1.36. The second kappa shape index (κ2) is 8.75. The van der Waals surface area contributed by atoms with Crippen molar-refractivity contribution in [1.29, 1.82) is 0 Å². The number of unbranched alkanes of at least 4 members (excludes halogenated alkanes) is 1. The molecule has 0 saturated heterocycles. The summed E-state index contributed by atoms with van der Waals surface area (Å²) in [6, 6.07) is 9.46. The normalized spacial score (nSPS) is 14.3. The molecule has 0 radical (unpaired) electrons. The first-order valence-corrected chi connectivity index (χ1v) is 10.9. The van der Waals surface area contributed by atoms with Gasteiger partial charge in [0.15, 0.2) is 5.43 Å². The second-order valence-electron chi connectivity index (χ2n) is 7.68. The largest absolute Gasteiger partial charge is 0.493 e. The summed E-state index contributed by atoms with van der Waals surface area (Å²) in [5.41, 5.74) is 1.10. The third-order valence-electron chi connectivity index (χ3n) is 5.44. The fourth-order valence-corrected chi connectivity index (χ4v) is 4.15. The van der Waals surface area contributed by atoms with E-state index in [0.717, 1.165) is 18.4 Å². The summed E-state index contributed by atoms with van der Waals surface area (Å²) in [4.78, 5) is 24.1. The van der Waals surface area contributed by atoms with Crippen molar-refractivity contribution in [3.63, 3.8) is 0 Å². The minimum absolute atomic E-state index is 0.235. The molecule has 4 rings (SSSR count). The number of halogens is 1. The molecule has 2 aromatic carbocycles. The van der Waals surface area contributed by atoms with Crippen LogP contribution in [0, 0.1) is 12.7 Å². The third kappa shape index (κ3) is 3.89. The summed E-state index contributed by atoms with van der Waals surface area (Å²) < 4.78 is 28.5. The summed E-state index contributed by atoms with van der Waals surface area (Å²) in [5, 5.41) is 10.0. The van der Waals surface area contributed by atoms with Crippen LogP contribution in [-0.4, -0.2) is 22.2 Å². The first-order chi connectivity index (χ1) is 15.3. The summed E-state index contributed by atoms with van der Waals surface area (Å²) in [6.45, 7) is 4.52. The maximum absolute atomic E-state index is 14.9. The molecule has 0 saturated carbocycles. The number of fused-ring (bicyclic) bond motifs is 3. The molecule has 1 N–H and O–H groups in total. The average Bonchev–Trinajstić information content (AvgIpc) is 2.74. The summed E-state index contributed by atoms with van der Waals surface area (Å²) in [7, 11) is 2.47. The Kier molecular flexibility index (Phi) is 6.02. The number of pyridine rings is 1. The van der Waals surface area contributed by atoms with E-state index in [2.05, 4.69) is 16.2 Å². The lowest BCUT2D eigenvalue weighted by molar-refractivity contribution is 0.0693. The molecule has 0 spiro atoms. The van der Waals surface area contributed by atoms with Gasteiger partial charge in [-0.1, -0.05) is 25.5 Å². The Hall–Kier alpha value is -3.18. The van der Waals surface area contributed by atoms with E-state index in [4.69, 9.17) is 9.47 Å². The number of aryl methyl sites for hydroxylation is 1. The van der Waals surface area contributed by atoms with Crippen molar-refractivity contribution >= 4 is 20.5 Å². The van der Waals surface area contributed by atoms with Crippen molar-refractivity contribution in [3.8, 4) is 22.8 Å². The van der Waals surface area contributed by atoms with Crippen molar-refractivity contribution in [3.05, 3.63) is 75.3 Å². The molecular weight excluding hydrogens is 432 g/mol. The topological polar surface area (TPSA) is 77.8 Å². The molecule has 1 aromatic heterocycles. The second-order valence-corrected chi connectivity index (χ2v) is 8.30. The van der Waals surface area contributed by atoms with Crippen molar-refractivity contribution < 1.29 is 23.8 Å². The molecule has 0 amide bonds. The lowest BCUT2D eigenvalue weighted by Gasteiger charge is -2.33. The van der Waals surface area contributed by atoms with E-state index in [1.807, 2.05) is 13.0 Å². The number of rotatable bonds is 6. The number of nitrogens with zero attached hydrogens (tertiary/aromatic N) is 1. The summed E-state index contributed by atoms with van der Waals surface area (Å²) in [6.07, 6.45) is 2.11. The average molecular weight is 455 g/mol. The Labute approximate surface area is 186 Å². The van der Waals surface area contributed by atoms with Crippen LogP contribution in [0.25, 0.3) is 11.3 Å². The molecule has 0 fully saturated rings. The molecule has 0 bridgehead atoms. The quantitative estimate of drug-likeness (QED) is 0.444. The summed E-state index contributed by atoms with van der Waals surface area (Å²) >= 11 is 0. The molecule has 1 aliphatic rings. The molecule has 2 heterocycles. The molecule has 1 aliphatic heterocycles. The van der Waals surface area contributed by atoms with Crippen molar-refractivity contribution in [2.45, 2.75) is 32.9 Å². The van der Waals surface area contributed by atoms with Gasteiger partial charge in [-0.05, 0) is 36.3 Å². The molecule has 32 heavy (non-hydrogen) atoms. The number of ether oxygens (including phenoxy) is 2. The van der Waals surface area contributed by atoms with Gasteiger partial charge < -0.3 is 19.1 Å². The molecule has 2 atom stereocenters. The minimum Gasteiger partial charge on any atom is -0.493 e. The van der Waals surface area contributed by atoms with Crippen molar-refractivity contribution in [2.24, 2.45) is 0 Å². The number of benzene rings is 2. The Bertz CT molecular complexity index is 1250.